The molecule has 16 heavy (non-hydrogen) atoms. The Morgan fingerprint density at radius 3 is 2.56 bits per heavy atom. The molecule has 0 aromatic carbocycles. The molecular formula is C8H11F3N2O3. The minimum absolute atomic E-state index is 0.0435. The van der Waals surface area contributed by atoms with Crippen LogP contribution in [0.5, 0.6) is 0 Å². The van der Waals surface area contributed by atoms with Gasteiger partial charge in [0.1, 0.15) is 13.2 Å². The molecule has 1 fully saturated rings. The fraction of sp³-hybridized carbons (Fsp3) is 0.750. The van der Waals surface area contributed by atoms with Crippen LogP contribution in [-0.4, -0.2) is 49.3 Å². The van der Waals surface area contributed by atoms with Gasteiger partial charge >= 0.3 is 12.2 Å². The van der Waals surface area contributed by atoms with Crippen LogP contribution in [-0.2, 0) is 9.53 Å². The summed E-state index contributed by atoms with van der Waals surface area (Å²) in [4.78, 5) is 22.9. The predicted molar refractivity (Wildman–Crippen MR) is 46.6 cm³/mol. The Balaban J connectivity index is 2.08. The van der Waals surface area contributed by atoms with Crippen molar-refractivity contribution in [1.82, 2.24) is 10.2 Å². The van der Waals surface area contributed by atoms with Gasteiger partial charge in [-0.1, -0.05) is 0 Å². The van der Waals surface area contributed by atoms with Crippen LogP contribution in [0.4, 0.5) is 18.0 Å². The van der Waals surface area contributed by atoms with Gasteiger partial charge in [-0.15, -0.1) is 0 Å². The number of hydrogen-bond donors (Lipinski definition) is 1. The van der Waals surface area contributed by atoms with E-state index < -0.39 is 24.7 Å². The maximum Gasteiger partial charge on any atom is 0.411 e. The number of rotatable bonds is 5. The Morgan fingerprint density at radius 2 is 2.06 bits per heavy atom. The highest BCUT2D eigenvalue weighted by molar-refractivity contribution is 6.01. The maximum atomic E-state index is 11.7. The summed E-state index contributed by atoms with van der Waals surface area (Å²) in [7, 11) is 0. The van der Waals surface area contributed by atoms with Gasteiger partial charge in [-0.05, 0) is 6.42 Å². The Labute approximate surface area is 89.5 Å². The lowest BCUT2D eigenvalue weighted by Crippen LogP contribution is -2.30. The topological polar surface area (TPSA) is 58.6 Å². The summed E-state index contributed by atoms with van der Waals surface area (Å²) in [6.45, 7) is -1.23. The van der Waals surface area contributed by atoms with Gasteiger partial charge in [0.05, 0.1) is 0 Å². The molecule has 8 heteroatoms. The largest absolute Gasteiger partial charge is 0.411 e. The molecule has 0 radical (unpaired) electrons. The number of nitrogens with zero attached hydrogens (tertiary/aromatic N) is 1. The van der Waals surface area contributed by atoms with Crippen molar-refractivity contribution >= 4 is 11.9 Å². The van der Waals surface area contributed by atoms with E-state index in [9.17, 15) is 22.8 Å². The van der Waals surface area contributed by atoms with Crippen LogP contribution in [0.15, 0.2) is 0 Å². The smallest absolute Gasteiger partial charge is 0.372 e. The molecule has 0 saturated carbocycles. The first-order valence-electron chi connectivity index (χ1n) is 4.62. The maximum absolute atomic E-state index is 11.7. The first kappa shape index (κ1) is 12.8. The van der Waals surface area contributed by atoms with E-state index in [0.717, 1.165) is 0 Å². The molecule has 1 N–H and O–H groups in total. The second-order valence-electron chi connectivity index (χ2n) is 3.30. The lowest BCUT2D eigenvalue weighted by atomic mass is 10.4. The Morgan fingerprint density at radius 1 is 1.38 bits per heavy atom. The van der Waals surface area contributed by atoms with Crippen molar-refractivity contribution in [2.45, 2.75) is 12.6 Å². The lowest BCUT2D eigenvalue weighted by molar-refractivity contribution is -0.174. The monoisotopic (exact) mass is 240 g/mol. The first-order valence-corrected chi connectivity index (χ1v) is 4.62. The van der Waals surface area contributed by atoms with E-state index in [0.29, 0.717) is 0 Å². The molecule has 0 aromatic heterocycles. The fourth-order valence-electron chi connectivity index (χ4n) is 1.21. The number of imide groups is 1. The number of alkyl halides is 3. The van der Waals surface area contributed by atoms with E-state index in [1.165, 1.54) is 4.90 Å². The second kappa shape index (κ2) is 5.15. The summed E-state index contributed by atoms with van der Waals surface area (Å²) >= 11 is 0. The van der Waals surface area contributed by atoms with Crippen LogP contribution in [0.1, 0.15) is 6.42 Å². The number of ether oxygens (including phenoxy) is 1. The van der Waals surface area contributed by atoms with E-state index in [-0.39, 0.29) is 26.1 Å². The highest BCUT2D eigenvalue weighted by Gasteiger charge is 2.28. The molecule has 0 aromatic rings. The van der Waals surface area contributed by atoms with Gasteiger partial charge < -0.3 is 9.64 Å². The van der Waals surface area contributed by atoms with Gasteiger partial charge in [0.2, 0.25) is 5.91 Å². The van der Waals surface area contributed by atoms with Gasteiger partial charge in [-0.2, -0.15) is 13.2 Å². The van der Waals surface area contributed by atoms with Gasteiger partial charge in [0.15, 0.2) is 0 Å². The Hall–Kier alpha value is -1.31. The zero-order valence-corrected chi connectivity index (χ0v) is 8.34. The molecule has 1 heterocycles. The van der Waals surface area contributed by atoms with Crippen molar-refractivity contribution in [3.63, 3.8) is 0 Å². The molecule has 0 bridgehead atoms. The van der Waals surface area contributed by atoms with Crippen LogP contribution in [0.2, 0.25) is 0 Å². The summed E-state index contributed by atoms with van der Waals surface area (Å²) < 4.78 is 39.3. The van der Waals surface area contributed by atoms with Gasteiger partial charge in [0.25, 0.3) is 0 Å². The molecular weight excluding hydrogens is 229 g/mol. The molecule has 3 amide bonds. The van der Waals surface area contributed by atoms with Gasteiger partial charge in [-0.3, -0.25) is 10.1 Å². The van der Waals surface area contributed by atoms with Crippen LogP contribution >= 0.6 is 0 Å². The molecule has 0 unspecified atom stereocenters. The minimum Gasteiger partial charge on any atom is -0.372 e. The Bertz CT molecular complexity index is 280. The normalized spacial score (nSPS) is 16.8. The zero-order valence-electron chi connectivity index (χ0n) is 8.34. The van der Waals surface area contributed by atoms with Crippen molar-refractivity contribution in [2.75, 3.05) is 26.3 Å². The average molecular weight is 240 g/mol. The minimum atomic E-state index is -4.33. The number of nitrogens with one attached hydrogen (secondary N) is 1. The van der Waals surface area contributed by atoms with Crippen molar-refractivity contribution in [3.8, 4) is 0 Å². The number of halogens is 3. The SMILES string of the molecule is O=C1CN(CCCOCC(F)(F)F)C(=O)N1. The van der Waals surface area contributed by atoms with Crippen molar-refractivity contribution < 1.29 is 27.5 Å². The second-order valence-corrected chi connectivity index (χ2v) is 3.30. The summed E-state index contributed by atoms with van der Waals surface area (Å²) in [6, 6.07) is -0.513. The number of hydrogen-bond acceptors (Lipinski definition) is 3. The van der Waals surface area contributed by atoms with E-state index in [1.807, 2.05) is 0 Å². The van der Waals surface area contributed by atoms with E-state index >= 15 is 0 Å². The van der Waals surface area contributed by atoms with Crippen LogP contribution in [0.25, 0.3) is 0 Å². The third kappa shape index (κ3) is 4.47. The molecule has 0 aliphatic carbocycles. The molecule has 1 saturated heterocycles. The molecule has 0 spiro atoms. The third-order valence-electron chi connectivity index (χ3n) is 1.85. The number of carbonyl (C=O) groups is 2. The average Bonchev–Trinajstić information content (AvgIpc) is 2.42. The summed E-state index contributed by atoms with van der Waals surface area (Å²) in [5.74, 6) is -0.402. The molecule has 0 atom stereocenters. The van der Waals surface area contributed by atoms with Gasteiger partial charge in [-0.25, -0.2) is 4.79 Å². The fourth-order valence-corrected chi connectivity index (χ4v) is 1.21. The highest BCUT2D eigenvalue weighted by atomic mass is 19.4. The van der Waals surface area contributed by atoms with Crippen LogP contribution in [0, 0.1) is 0 Å². The predicted octanol–water partition coefficient (Wildman–Crippen LogP) is 0.507. The van der Waals surface area contributed by atoms with Crippen LogP contribution in [0.3, 0.4) is 0 Å². The number of carbonyl (C=O) groups excluding carboxylic acids is 2. The van der Waals surface area contributed by atoms with Gasteiger partial charge in [0, 0.05) is 13.2 Å². The van der Waals surface area contributed by atoms with Crippen molar-refractivity contribution in [2.24, 2.45) is 0 Å². The summed E-state index contributed by atoms with van der Waals surface area (Å²) in [5.41, 5.74) is 0. The van der Waals surface area contributed by atoms with E-state index in [4.69, 9.17) is 0 Å². The van der Waals surface area contributed by atoms with Crippen molar-refractivity contribution in [1.29, 1.82) is 0 Å². The summed E-state index contributed by atoms with van der Waals surface area (Å²) in [6.07, 6.45) is -4.07. The molecule has 92 valence electrons. The standard InChI is InChI=1S/C8H11F3N2O3/c9-8(10,11)5-16-3-1-2-13-4-6(14)12-7(13)15/h1-5H2,(H,12,14,15). The zero-order chi connectivity index (χ0) is 12.2. The summed E-state index contributed by atoms with van der Waals surface area (Å²) in [5, 5.41) is 2.06. The van der Waals surface area contributed by atoms with E-state index in [2.05, 4.69) is 10.1 Å². The quantitative estimate of drug-likeness (QED) is 0.562. The molecule has 5 nitrogen and oxygen atoms in total. The number of amides is 3. The Kier molecular flexibility index (Phi) is 4.11. The van der Waals surface area contributed by atoms with Crippen LogP contribution < -0.4 is 5.32 Å². The molecule has 1 aliphatic rings. The van der Waals surface area contributed by atoms with E-state index in [1.54, 1.807) is 0 Å². The molecule has 1 aliphatic heterocycles. The number of urea groups is 1. The highest BCUT2D eigenvalue weighted by Crippen LogP contribution is 2.14. The lowest BCUT2D eigenvalue weighted by Gasteiger charge is -2.13. The first-order chi connectivity index (χ1) is 7.38. The van der Waals surface area contributed by atoms with Crippen molar-refractivity contribution in [3.05, 3.63) is 0 Å². The molecule has 1 rings (SSSR count). The third-order valence-corrected chi connectivity index (χ3v) is 1.85.